The van der Waals surface area contributed by atoms with Crippen molar-refractivity contribution in [2.24, 2.45) is 5.16 Å². The van der Waals surface area contributed by atoms with E-state index >= 15 is 0 Å². The van der Waals surface area contributed by atoms with Gasteiger partial charge in [0.25, 0.3) is 11.8 Å². The number of carbonyl (C=O) groups excluding carboxylic acids is 2. The number of oxime groups is 1. The average molecular weight is 546 g/mol. The highest BCUT2D eigenvalue weighted by atomic mass is 32.2. The van der Waals surface area contributed by atoms with Gasteiger partial charge in [-0.2, -0.15) is 23.4 Å². The molecule has 2 aromatic heterocycles. The summed E-state index contributed by atoms with van der Waals surface area (Å²) in [6, 6.07) is -2.73. The van der Waals surface area contributed by atoms with Crippen LogP contribution in [-0.4, -0.2) is 90.6 Å². The lowest BCUT2D eigenvalue weighted by Gasteiger charge is -2.43. The van der Waals surface area contributed by atoms with E-state index in [0.29, 0.717) is 12.2 Å². The first-order valence-corrected chi connectivity index (χ1v) is 12.4. The summed E-state index contributed by atoms with van der Waals surface area (Å²) >= 11 is 0.963. The molecular formula is C17H23N9O8S2. The molecule has 3 rings (SSSR count). The Balaban J connectivity index is 1.88. The zero-order chi connectivity index (χ0) is 26.8. The van der Waals surface area contributed by atoms with Gasteiger partial charge in [0.05, 0.1) is 18.4 Å². The fourth-order valence-corrected chi connectivity index (χ4v) is 4.42. The van der Waals surface area contributed by atoms with Gasteiger partial charge in [-0.05, 0) is 20.9 Å². The van der Waals surface area contributed by atoms with Crippen molar-refractivity contribution in [3.63, 3.8) is 0 Å². The number of anilines is 1. The highest BCUT2D eigenvalue weighted by Gasteiger charge is 2.54. The van der Waals surface area contributed by atoms with Crippen molar-refractivity contribution in [1.29, 1.82) is 0 Å². The number of nitrogen functional groups attached to an aromatic ring is 1. The predicted molar refractivity (Wildman–Crippen MR) is 123 cm³/mol. The quantitative estimate of drug-likeness (QED) is 0.0873. The number of carboxylic acid groups (broad SMARTS) is 1. The molecule has 0 bridgehead atoms. The second-order valence-electron chi connectivity index (χ2n) is 7.97. The van der Waals surface area contributed by atoms with Gasteiger partial charge in [-0.1, -0.05) is 5.16 Å². The van der Waals surface area contributed by atoms with Crippen molar-refractivity contribution in [3.05, 3.63) is 23.0 Å². The molecule has 19 heteroatoms. The van der Waals surface area contributed by atoms with Gasteiger partial charge in [-0.3, -0.25) is 14.1 Å². The number of thiazole rings is 1. The first-order valence-electron chi connectivity index (χ1n) is 10.1. The van der Waals surface area contributed by atoms with Crippen LogP contribution in [0.2, 0.25) is 0 Å². The fraction of sp³-hybridized carbons (Fsp3) is 0.471. The summed E-state index contributed by atoms with van der Waals surface area (Å²) in [7, 11) is -3.27. The summed E-state index contributed by atoms with van der Waals surface area (Å²) in [5, 5.41) is 27.6. The Morgan fingerprint density at radius 3 is 2.64 bits per heavy atom. The molecule has 3 heterocycles. The fourth-order valence-electron chi connectivity index (χ4n) is 3.00. The predicted octanol–water partition coefficient (Wildman–Crippen LogP) is -2.18. The number of hydrogen-bond donors (Lipinski definition) is 5. The van der Waals surface area contributed by atoms with Gasteiger partial charge < -0.3 is 26.3 Å². The monoisotopic (exact) mass is 545 g/mol. The first kappa shape index (κ1) is 26.9. The van der Waals surface area contributed by atoms with Crippen molar-refractivity contribution < 1.29 is 37.3 Å². The minimum atomic E-state index is -4.96. The number of aromatic nitrogens is 4. The molecule has 0 saturated carbocycles. The molecule has 0 aliphatic carbocycles. The van der Waals surface area contributed by atoms with Crippen LogP contribution >= 0.6 is 11.3 Å². The van der Waals surface area contributed by atoms with Crippen LogP contribution in [0.1, 0.15) is 25.2 Å². The van der Waals surface area contributed by atoms with Gasteiger partial charge in [0.15, 0.2) is 10.8 Å². The van der Waals surface area contributed by atoms with E-state index in [1.54, 1.807) is 7.05 Å². The van der Waals surface area contributed by atoms with Crippen molar-refractivity contribution >= 4 is 50.3 Å². The molecule has 1 aliphatic rings. The highest BCUT2D eigenvalue weighted by Crippen LogP contribution is 2.25. The lowest BCUT2D eigenvalue weighted by Crippen LogP contribution is -2.73. The third-order valence-electron chi connectivity index (χ3n) is 4.86. The highest BCUT2D eigenvalue weighted by molar-refractivity contribution is 7.84. The summed E-state index contributed by atoms with van der Waals surface area (Å²) in [5.74, 6) is -3.53. The van der Waals surface area contributed by atoms with E-state index in [2.05, 4.69) is 31.0 Å². The molecule has 2 unspecified atom stereocenters. The molecule has 2 amide bonds. The zero-order valence-electron chi connectivity index (χ0n) is 19.1. The third kappa shape index (κ3) is 5.75. The van der Waals surface area contributed by atoms with Gasteiger partial charge >= 0.3 is 16.3 Å². The smallest absolute Gasteiger partial charge is 0.362 e. The topological polar surface area (TPSA) is 244 Å². The van der Waals surface area contributed by atoms with E-state index in [0.717, 1.165) is 16.1 Å². The summed E-state index contributed by atoms with van der Waals surface area (Å²) in [5.41, 5.74) is 3.74. The maximum atomic E-state index is 13.1. The molecular weight excluding hydrogens is 522 g/mol. The maximum absolute atomic E-state index is 13.1. The first-order chi connectivity index (χ1) is 16.7. The number of carbonyl (C=O) groups is 3. The Morgan fingerprint density at radius 2 is 2.08 bits per heavy atom. The Morgan fingerprint density at radius 1 is 1.39 bits per heavy atom. The van der Waals surface area contributed by atoms with Crippen LogP contribution in [0, 0.1) is 0 Å². The van der Waals surface area contributed by atoms with Crippen molar-refractivity contribution in [2.45, 2.75) is 44.6 Å². The lowest BCUT2D eigenvalue weighted by atomic mass is 9.98. The molecule has 1 aliphatic heterocycles. The van der Waals surface area contributed by atoms with Crippen LogP contribution in [0.15, 0.2) is 16.7 Å². The lowest BCUT2D eigenvalue weighted by molar-refractivity contribution is -0.161. The average Bonchev–Trinajstić information content (AvgIpc) is 3.39. The number of amides is 2. The van der Waals surface area contributed by atoms with Crippen LogP contribution in [0.25, 0.3) is 0 Å². The minimum absolute atomic E-state index is 0.0697. The number of aliphatic carboxylic acids is 1. The van der Waals surface area contributed by atoms with E-state index in [9.17, 15) is 32.5 Å². The van der Waals surface area contributed by atoms with Crippen LogP contribution in [0.3, 0.4) is 0 Å². The standard InChI is InChI=1S/C17H23N9O8S2/c1-17(2,15(29)30)34-24-11(9-7-35-16(18)21-9)13(27)22-12-10(26(14(12)28)36(31,32)33)6-25-20-5-8(23-25)4-19-3/h5,7,10,12,19H,4,6H2,1-3H3,(H2,18,21)(H,22,27)(H,29,30)(H,31,32,33)/b24-11-. The molecule has 17 nitrogen and oxygen atoms in total. The van der Waals surface area contributed by atoms with Crippen molar-refractivity contribution in [1.82, 2.24) is 34.9 Å². The van der Waals surface area contributed by atoms with Crippen LogP contribution in [-0.2, 0) is 42.6 Å². The van der Waals surface area contributed by atoms with E-state index < -0.39 is 51.5 Å². The largest absolute Gasteiger partial charge is 0.478 e. The van der Waals surface area contributed by atoms with Gasteiger partial charge in [0, 0.05) is 11.9 Å². The van der Waals surface area contributed by atoms with Crippen LogP contribution in [0.4, 0.5) is 5.13 Å². The Hall–Kier alpha value is -3.68. The summed E-state index contributed by atoms with van der Waals surface area (Å²) in [6.07, 6.45) is 1.42. The molecule has 0 aromatic carbocycles. The molecule has 2 aromatic rings. The molecule has 2 atom stereocenters. The number of β-lactam (4-membered cyclic amide) rings is 1. The van der Waals surface area contributed by atoms with E-state index in [1.165, 1.54) is 25.4 Å². The Kier molecular flexibility index (Phi) is 7.57. The van der Waals surface area contributed by atoms with Gasteiger partial charge in [0.1, 0.15) is 17.8 Å². The van der Waals surface area contributed by atoms with Gasteiger partial charge in [-0.25, -0.2) is 14.1 Å². The molecule has 0 radical (unpaired) electrons. The number of nitrogens with one attached hydrogen (secondary N) is 2. The summed E-state index contributed by atoms with van der Waals surface area (Å²) in [4.78, 5) is 47.0. The van der Waals surface area contributed by atoms with E-state index in [4.69, 9.17) is 10.6 Å². The second kappa shape index (κ2) is 10.1. The Labute approximate surface area is 208 Å². The number of nitrogens with two attached hydrogens (primary N) is 1. The number of nitrogens with zero attached hydrogens (tertiary/aromatic N) is 6. The Bertz CT molecular complexity index is 1300. The zero-order valence-corrected chi connectivity index (χ0v) is 20.8. The molecule has 6 N–H and O–H groups in total. The summed E-state index contributed by atoms with van der Waals surface area (Å²) in [6.45, 7) is 2.46. The van der Waals surface area contributed by atoms with E-state index in [1.807, 2.05) is 0 Å². The molecule has 36 heavy (non-hydrogen) atoms. The minimum Gasteiger partial charge on any atom is -0.478 e. The summed E-state index contributed by atoms with van der Waals surface area (Å²) < 4.78 is 33.2. The van der Waals surface area contributed by atoms with Gasteiger partial charge in [-0.15, -0.1) is 11.3 Å². The van der Waals surface area contributed by atoms with Crippen LogP contribution in [0.5, 0.6) is 0 Å². The number of hydrogen-bond acceptors (Lipinski definition) is 13. The number of carboxylic acids is 1. The number of rotatable bonds is 11. The molecule has 1 fully saturated rings. The molecule has 196 valence electrons. The normalized spacial score (nSPS) is 18.6. The molecule has 1 saturated heterocycles. The third-order valence-corrected chi connectivity index (χ3v) is 6.48. The SMILES string of the molecule is CNCc1cnn(CC2C(NC(=O)/C(=N\OC(C)(C)C(=O)O)c3csc(N)n3)C(=O)N2S(=O)(=O)O)n1. The van der Waals surface area contributed by atoms with Gasteiger partial charge in [0.2, 0.25) is 5.60 Å². The van der Waals surface area contributed by atoms with Crippen LogP contribution < -0.4 is 16.4 Å². The van der Waals surface area contributed by atoms with E-state index in [-0.39, 0.29) is 21.7 Å². The van der Waals surface area contributed by atoms with Crippen molar-refractivity contribution in [2.75, 3.05) is 12.8 Å². The van der Waals surface area contributed by atoms with Crippen molar-refractivity contribution in [3.8, 4) is 0 Å². The second-order valence-corrected chi connectivity index (χ2v) is 10.1. The molecule has 0 spiro atoms. The maximum Gasteiger partial charge on any atom is 0.362 e.